The van der Waals surface area contributed by atoms with Crippen LogP contribution in [0.2, 0.25) is 0 Å². The number of rotatable bonds is 7. The Labute approximate surface area is 110 Å². The SMILES string of the molecule is COC(=O)CC(=O)OCCOc1cccc(C=O)c1. The largest absolute Gasteiger partial charge is 0.490 e. The van der Waals surface area contributed by atoms with Crippen molar-refractivity contribution in [1.29, 1.82) is 0 Å². The lowest BCUT2D eigenvalue weighted by atomic mass is 10.2. The zero-order valence-electron chi connectivity index (χ0n) is 10.5. The molecular weight excluding hydrogens is 252 g/mol. The van der Waals surface area contributed by atoms with E-state index in [1.54, 1.807) is 24.3 Å². The summed E-state index contributed by atoms with van der Waals surface area (Å²) in [6.07, 6.45) is 0.292. The summed E-state index contributed by atoms with van der Waals surface area (Å²) in [7, 11) is 1.19. The number of ether oxygens (including phenoxy) is 3. The Bertz CT molecular complexity index is 454. The minimum atomic E-state index is -0.669. The predicted molar refractivity (Wildman–Crippen MR) is 64.9 cm³/mol. The van der Waals surface area contributed by atoms with Crippen LogP contribution in [0.5, 0.6) is 5.75 Å². The summed E-state index contributed by atoms with van der Waals surface area (Å²) in [5.74, 6) is -0.810. The molecule has 0 unspecified atom stereocenters. The molecule has 0 aliphatic carbocycles. The Morgan fingerprint density at radius 3 is 2.68 bits per heavy atom. The number of hydrogen-bond acceptors (Lipinski definition) is 6. The van der Waals surface area contributed by atoms with Crippen LogP contribution in [0.1, 0.15) is 16.8 Å². The van der Waals surface area contributed by atoms with E-state index in [9.17, 15) is 14.4 Å². The molecule has 0 aliphatic heterocycles. The Hall–Kier alpha value is -2.37. The van der Waals surface area contributed by atoms with Crippen LogP contribution < -0.4 is 4.74 Å². The van der Waals surface area contributed by atoms with Crippen molar-refractivity contribution in [3.05, 3.63) is 29.8 Å². The number of aldehydes is 1. The first-order chi connectivity index (χ1) is 9.15. The summed E-state index contributed by atoms with van der Waals surface area (Å²) in [5, 5.41) is 0. The number of methoxy groups -OCH3 is 1. The van der Waals surface area contributed by atoms with Crippen molar-refractivity contribution in [2.24, 2.45) is 0 Å². The van der Waals surface area contributed by atoms with Crippen molar-refractivity contribution in [3.8, 4) is 5.75 Å². The third kappa shape index (κ3) is 5.67. The second kappa shape index (κ2) is 7.86. The first kappa shape index (κ1) is 14.7. The monoisotopic (exact) mass is 266 g/mol. The van der Waals surface area contributed by atoms with Crippen molar-refractivity contribution in [2.45, 2.75) is 6.42 Å². The van der Waals surface area contributed by atoms with Gasteiger partial charge in [-0.3, -0.25) is 14.4 Å². The number of hydrogen-bond donors (Lipinski definition) is 0. The van der Waals surface area contributed by atoms with Crippen LogP contribution in [0.4, 0.5) is 0 Å². The van der Waals surface area contributed by atoms with Crippen molar-refractivity contribution in [1.82, 2.24) is 0 Å². The second-order valence-corrected chi connectivity index (χ2v) is 3.51. The molecule has 1 aromatic carbocycles. The predicted octanol–water partition coefficient (Wildman–Crippen LogP) is 0.984. The molecule has 0 aliphatic rings. The molecule has 19 heavy (non-hydrogen) atoms. The van der Waals surface area contributed by atoms with Crippen LogP contribution in [-0.4, -0.2) is 38.5 Å². The molecule has 0 radical (unpaired) electrons. The highest BCUT2D eigenvalue weighted by Gasteiger charge is 2.10. The zero-order valence-corrected chi connectivity index (χ0v) is 10.5. The molecule has 1 aromatic rings. The Morgan fingerprint density at radius 2 is 2.00 bits per heavy atom. The maximum atomic E-state index is 11.1. The summed E-state index contributed by atoms with van der Waals surface area (Å²) in [4.78, 5) is 32.4. The molecule has 0 amide bonds. The number of carbonyl (C=O) groups excluding carboxylic acids is 3. The number of benzene rings is 1. The van der Waals surface area contributed by atoms with Crippen molar-refractivity contribution in [2.75, 3.05) is 20.3 Å². The van der Waals surface area contributed by atoms with Crippen LogP contribution in [0.15, 0.2) is 24.3 Å². The highest BCUT2D eigenvalue weighted by Crippen LogP contribution is 2.11. The molecule has 0 saturated heterocycles. The van der Waals surface area contributed by atoms with E-state index < -0.39 is 18.4 Å². The van der Waals surface area contributed by atoms with Crippen molar-refractivity contribution >= 4 is 18.2 Å². The minimum Gasteiger partial charge on any atom is -0.490 e. The van der Waals surface area contributed by atoms with Gasteiger partial charge in [0.1, 0.15) is 31.7 Å². The lowest BCUT2D eigenvalue weighted by molar-refractivity contribution is -0.153. The zero-order chi connectivity index (χ0) is 14.1. The molecule has 0 bridgehead atoms. The van der Waals surface area contributed by atoms with Crippen LogP contribution in [0.3, 0.4) is 0 Å². The lowest BCUT2D eigenvalue weighted by Crippen LogP contribution is -2.16. The van der Waals surface area contributed by atoms with E-state index >= 15 is 0 Å². The number of esters is 2. The third-order valence-electron chi connectivity index (χ3n) is 2.13. The van der Waals surface area contributed by atoms with Gasteiger partial charge in [0.25, 0.3) is 0 Å². The molecule has 6 heteroatoms. The van der Waals surface area contributed by atoms with Gasteiger partial charge in [0.15, 0.2) is 0 Å². The first-order valence-electron chi connectivity index (χ1n) is 5.56. The summed E-state index contributed by atoms with van der Waals surface area (Å²) < 4.78 is 14.4. The summed E-state index contributed by atoms with van der Waals surface area (Å²) in [5.41, 5.74) is 0.500. The minimum absolute atomic E-state index is 0.0150. The van der Waals surface area contributed by atoms with Crippen molar-refractivity contribution < 1.29 is 28.6 Å². The Balaban J connectivity index is 2.25. The van der Waals surface area contributed by atoms with Gasteiger partial charge >= 0.3 is 11.9 Å². The van der Waals surface area contributed by atoms with Gasteiger partial charge in [-0.15, -0.1) is 0 Å². The van der Waals surface area contributed by atoms with E-state index in [1.165, 1.54) is 7.11 Å². The second-order valence-electron chi connectivity index (χ2n) is 3.51. The molecule has 0 N–H and O–H groups in total. The van der Waals surface area contributed by atoms with Gasteiger partial charge < -0.3 is 14.2 Å². The fourth-order valence-corrected chi connectivity index (χ4v) is 1.23. The molecular formula is C13H14O6. The Kier molecular flexibility index (Phi) is 6.08. The van der Waals surface area contributed by atoms with Crippen LogP contribution in [0.25, 0.3) is 0 Å². The Morgan fingerprint density at radius 1 is 1.21 bits per heavy atom. The topological polar surface area (TPSA) is 78.9 Å². The smallest absolute Gasteiger partial charge is 0.317 e. The van der Waals surface area contributed by atoms with Gasteiger partial charge in [0, 0.05) is 5.56 Å². The molecule has 0 atom stereocenters. The molecule has 102 valence electrons. The van der Waals surface area contributed by atoms with Crippen molar-refractivity contribution in [3.63, 3.8) is 0 Å². The summed E-state index contributed by atoms with van der Waals surface area (Å²) >= 11 is 0. The fourth-order valence-electron chi connectivity index (χ4n) is 1.23. The molecule has 0 aromatic heterocycles. The van der Waals surface area contributed by atoms with Crippen LogP contribution in [0, 0.1) is 0 Å². The van der Waals surface area contributed by atoms with E-state index in [0.717, 1.165) is 0 Å². The molecule has 0 saturated carbocycles. The number of carbonyl (C=O) groups is 3. The quantitative estimate of drug-likeness (QED) is 0.317. The van der Waals surface area contributed by atoms with Crippen LogP contribution in [-0.2, 0) is 19.1 Å². The van der Waals surface area contributed by atoms with E-state index in [-0.39, 0.29) is 13.2 Å². The summed E-state index contributed by atoms with van der Waals surface area (Å²) in [6.45, 7) is 0.149. The van der Waals surface area contributed by atoms with Gasteiger partial charge in [-0.25, -0.2) is 0 Å². The van der Waals surface area contributed by atoms with Gasteiger partial charge in [-0.2, -0.15) is 0 Å². The van der Waals surface area contributed by atoms with Gasteiger partial charge in [0.2, 0.25) is 0 Å². The first-order valence-corrected chi connectivity index (χ1v) is 5.56. The third-order valence-corrected chi connectivity index (χ3v) is 2.13. The van der Waals surface area contributed by atoms with E-state index in [1.807, 2.05) is 0 Å². The van der Waals surface area contributed by atoms with Gasteiger partial charge in [0.05, 0.1) is 7.11 Å². The maximum Gasteiger partial charge on any atom is 0.317 e. The van der Waals surface area contributed by atoms with E-state index in [2.05, 4.69) is 4.74 Å². The molecule has 0 fully saturated rings. The molecule has 1 rings (SSSR count). The average Bonchev–Trinajstić information content (AvgIpc) is 2.43. The maximum absolute atomic E-state index is 11.1. The fraction of sp³-hybridized carbons (Fsp3) is 0.308. The highest BCUT2D eigenvalue weighted by molar-refractivity contribution is 5.91. The van der Waals surface area contributed by atoms with E-state index in [0.29, 0.717) is 17.6 Å². The molecule has 0 heterocycles. The lowest BCUT2D eigenvalue weighted by Gasteiger charge is -2.07. The van der Waals surface area contributed by atoms with Gasteiger partial charge in [-0.1, -0.05) is 12.1 Å². The normalized spacial score (nSPS) is 9.53. The standard InChI is InChI=1S/C13H14O6/c1-17-12(15)8-13(16)19-6-5-18-11-4-2-3-10(7-11)9-14/h2-4,7,9H,5-6,8H2,1H3. The average molecular weight is 266 g/mol. The highest BCUT2D eigenvalue weighted by atomic mass is 16.6. The molecule has 0 spiro atoms. The molecule has 6 nitrogen and oxygen atoms in total. The summed E-state index contributed by atoms with van der Waals surface area (Å²) in [6, 6.07) is 6.59. The van der Waals surface area contributed by atoms with Gasteiger partial charge in [-0.05, 0) is 12.1 Å². The van der Waals surface area contributed by atoms with E-state index in [4.69, 9.17) is 9.47 Å². The van der Waals surface area contributed by atoms with Crippen LogP contribution >= 0.6 is 0 Å².